The van der Waals surface area contributed by atoms with Crippen molar-refractivity contribution in [3.8, 4) is 0 Å². The van der Waals surface area contributed by atoms with E-state index in [9.17, 15) is 8.42 Å². The van der Waals surface area contributed by atoms with Gasteiger partial charge in [0.2, 0.25) is 0 Å². The third-order valence-electron chi connectivity index (χ3n) is 0.518. The van der Waals surface area contributed by atoms with Crippen molar-refractivity contribution >= 4 is 38.0 Å². The Morgan fingerprint density at radius 1 is 1.67 bits per heavy atom. The minimum Gasteiger partial charge on any atom is -0.286 e. The molecule has 1 N–H and O–H groups in total. The fourth-order valence-corrected chi connectivity index (χ4v) is 1.19. The predicted molar refractivity (Wildman–Crippen MR) is 37.9 cm³/mol. The van der Waals surface area contributed by atoms with E-state index in [1.54, 1.807) is 0 Å². The summed E-state index contributed by atoms with van der Waals surface area (Å²) in [5, 5.41) is 0. The van der Waals surface area contributed by atoms with Gasteiger partial charge in [-0.15, -0.1) is 0 Å². The average Bonchev–Trinajstić information content (AvgIpc) is 1.59. The van der Waals surface area contributed by atoms with Crippen molar-refractivity contribution in [3.05, 3.63) is 0 Å². The second kappa shape index (κ2) is 3.72. The Morgan fingerprint density at radius 2 is 2.11 bits per heavy atom. The Kier molecular flexibility index (Phi) is 3.99. The maximum Gasteiger partial charge on any atom is 0.266 e. The van der Waals surface area contributed by atoms with E-state index in [-0.39, 0.29) is 12.3 Å². The van der Waals surface area contributed by atoms with Crippen molar-refractivity contribution in [2.75, 3.05) is 12.3 Å². The summed E-state index contributed by atoms with van der Waals surface area (Å²) >= 11 is 7.91. The molecular formula is C2H5BrClNO3S. The number of rotatable bonds is 3. The topological polar surface area (TPSA) is 57.6 Å². The van der Waals surface area contributed by atoms with Crippen LogP contribution in [-0.4, -0.2) is 28.7 Å². The van der Waals surface area contributed by atoms with Gasteiger partial charge in [-0.1, -0.05) is 0 Å². The van der Waals surface area contributed by atoms with Gasteiger partial charge in [-0.2, -0.15) is 11.9 Å². The maximum absolute atomic E-state index is 9.99. The normalized spacial score (nSPS) is 12.4. The lowest BCUT2D eigenvalue weighted by atomic mass is 10.8. The van der Waals surface area contributed by atoms with Crippen LogP contribution in [0.15, 0.2) is 0 Å². The lowest BCUT2D eigenvalue weighted by molar-refractivity contribution is 0.480. The molecule has 0 atom stereocenters. The highest BCUT2D eigenvalue weighted by atomic mass is 79.9. The van der Waals surface area contributed by atoms with Crippen LogP contribution < -0.4 is 0 Å². The molecule has 0 saturated heterocycles. The first kappa shape index (κ1) is 9.64. The van der Waals surface area contributed by atoms with E-state index in [1.807, 2.05) is 0 Å². The van der Waals surface area contributed by atoms with E-state index in [0.29, 0.717) is 0 Å². The first-order chi connectivity index (χ1) is 3.92. The van der Waals surface area contributed by atoms with E-state index >= 15 is 0 Å². The zero-order chi connectivity index (χ0) is 7.49. The van der Waals surface area contributed by atoms with E-state index in [0.717, 1.165) is 3.45 Å². The summed E-state index contributed by atoms with van der Waals surface area (Å²) in [6.07, 6.45) is 0. The van der Waals surface area contributed by atoms with Crippen molar-refractivity contribution in [3.63, 3.8) is 0 Å². The highest BCUT2D eigenvalue weighted by molar-refractivity contribution is 9.08. The molecule has 7 heteroatoms. The van der Waals surface area contributed by atoms with Gasteiger partial charge >= 0.3 is 0 Å². The molecule has 0 amide bonds. The average molecular weight is 238 g/mol. The van der Waals surface area contributed by atoms with E-state index in [2.05, 4.69) is 16.1 Å². The van der Waals surface area contributed by atoms with Crippen LogP contribution in [0.1, 0.15) is 0 Å². The molecule has 56 valence electrons. The van der Waals surface area contributed by atoms with Gasteiger partial charge in [-0.3, -0.25) is 4.55 Å². The molecule has 0 heterocycles. The van der Waals surface area contributed by atoms with Crippen molar-refractivity contribution in [2.24, 2.45) is 0 Å². The Labute approximate surface area is 67.0 Å². The van der Waals surface area contributed by atoms with Crippen molar-refractivity contribution in [2.45, 2.75) is 0 Å². The van der Waals surface area contributed by atoms with Crippen LogP contribution in [0, 0.1) is 0 Å². The van der Waals surface area contributed by atoms with Crippen molar-refractivity contribution in [1.29, 1.82) is 0 Å². The van der Waals surface area contributed by atoms with Gasteiger partial charge in [-0.25, -0.2) is 0 Å². The Morgan fingerprint density at radius 3 is 2.22 bits per heavy atom. The lowest BCUT2D eigenvalue weighted by Crippen LogP contribution is -2.13. The Hall–Kier alpha value is 0.640. The summed E-state index contributed by atoms with van der Waals surface area (Å²) in [5.74, 6) is -0.373. The van der Waals surface area contributed by atoms with Crippen molar-refractivity contribution < 1.29 is 13.0 Å². The third kappa shape index (κ3) is 8.64. The van der Waals surface area contributed by atoms with Gasteiger partial charge in [0.05, 0.1) is 5.75 Å². The number of halogens is 2. The van der Waals surface area contributed by atoms with Crippen LogP contribution in [0.4, 0.5) is 0 Å². The molecule has 0 saturated carbocycles. The van der Waals surface area contributed by atoms with Crippen LogP contribution in [0.5, 0.6) is 0 Å². The summed E-state index contributed by atoms with van der Waals surface area (Å²) in [4.78, 5) is 0. The molecule has 0 bridgehead atoms. The van der Waals surface area contributed by atoms with E-state index in [4.69, 9.17) is 16.3 Å². The van der Waals surface area contributed by atoms with Crippen LogP contribution in [0.25, 0.3) is 0 Å². The van der Waals surface area contributed by atoms with Crippen LogP contribution in [-0.2, 0) is 10.1 Å². The largest absolute Gasteiger partial charge is 0.286 e. The molecule has 0 unspecified atom stereocenters. The van der Waals surface area contributed by atoms with Crippen LogP contribution >= 0.6 is 27.9 Å². The fraction of sp³-hybridized carbons (Fsp3) is 1.00. The van der Waals surface area contributed by atoms with Crippen LogP contribution in [0.2, 0.25) is 0 Å². The summed E-state index contributed by atoms with van der Waals surface area (Å²) in [6.45, 7) is 0.0421. The van der Waals surface area contributed by atoms with E-state index in [1.165, 1.54) is 0 Å². The smallest absolute Gasteiger partial charge is 0.266 e. The molecule has 0 aromatic carbocycles. The zero-order valence-corrected chi connectivity index (χ0v) is 7.45. The molecule has 0 spiro atoms. The molecular weight excluding hydrogens is 233 g/mol. The highest BCUT2D eigenvalue weighted by Crippen LogP contribution is 2.00. The van der Waals surface area contributed by atoms with Gasteiger partial charge in [0.1, 0.15) is 0 Å². The molecule has 0 aromatic rings. The molecule has 0 fully saturated rings. The Bertz CT molecular complexity index is 167. The lowest BCUT2D eigenvalue weighted by Gasteiger charge is -1.99. The standard InChI is InChI=1S/C2H5BrClNO3S/c3-5(4)1-2-9(6,7)8/h1-2H2,(H,6,7,8). The highest BCUT2D eigenvalue weighted by Gasteiger charge is 2.05. The number of hydrogen-bond donors (Lipinski definition) is 1. The monoisotopic (exact) mass is 237 g/mol. The Balaban J connectivity index is 3.53. The molecule has 0 radical (unpaired) electrons. The van der Waals surface area contributed by atoms with Gasteiger partial charge < -0.3 is 0 Å². The minimum absolute atomic E-state index is 0.0421. The number of nitrogens with zero attached hydrogens (tertiary/aromatic N) is 1. The van der Waals surface area contributed by atoms with Gasteiger partial charge in [0.15, 0.2) is 0 Å². The number of hydrogen-bond acceptors (Lipinski definition) is 3. The van der Waals surface area contributed by atoms with Gasteiger partial charge in [0.25, 0.3) is 10.1 Å². The fourth-order valence-electron chi connectivity index (χ4n) is 0.184. The molecule has 0 rings (SSSR count). The first-order valence-electron chi connectivity index (χ1n) is 1.96. The quantitative estimate of drug-likeness (QED) is 0.579. The van der Waals surface area contributed by atoms with Gasteiger partial charge in [0, 0.05) is 22.7 Å². The summed E-state index contributed by atoms with van der Waals surface area (Å²) in [5.41, 5.74) is 0. The van der Waals surface area contributed by atoms with Gasteiger partial charge in [-0.05, 0) is 11.8 Å². The molecule has 0 aromatic heterocycles. The molecule has 0 aliphatic heterocycles. The summed E-state index contributed by atoms with van der Waals surface area (Å²) in [6, 6.07) is 0. The molecule has 0 aliphatic carbocycles. The SMILES string of the molecule is O=S(=O)(O)CCN(Cl)Br. The molecule has 9 heavy (non-hydrogen) atoms. The summed E-state index contributed by atoms with van der Waals surface area (Å²) < 4.78 is 29.1. The first-order valence-corrected chi connectivity index (χ1v) is 4.62. The second-order valence-electron chi connectivity index (χ2n) is 1.31. The summed E-state index contributed by atoms with van der Waals surface area (Å²) in [7, 11) is -3.88. The van der Waals surface area contributed by atoms with E-state index < -0.39 is 10.1 Å². The zero-order valence-electron chi connectivity index (χ0n) is 4.29. The maximum atomic E-state index is 9.99. The second-order valence-corrected chi connectivity index (χ2v) is 4.56. The predicted octanol–water partition coefficient (Wildman–Crippen LogP) is 0.640. The third-order valence-corrected chi connectivity index (χ3v) is 1.74. The molecule has 4 nitrogen and oxygen atoms in total. The van der Waals surface area contributed by atoms with Crippen molar-refractivity contribution in [1.82, 2.24) is 3.45 Å². The minimum atomic E-state index is -3.88. The molecule has 0 aliphatic rings. The van der Waals surface area contributed by atoms with Crippen LogP contribution in [0.3, 0.4) is 0 Å².